The van der Waals surface area contributed by atoms with Crippen molar-refractivity contribution in [2.75, 3.05) is 0 Å². The third-order valence-corrected chi connectivity index (χ3v) is 3.93. The quantitative estimate of drug-likeness (QED) is 0.609. The van der Waals surface area contributed by atoms with Gasteiger partial charge in [0.1, 0.15) is 6.29 Å². The topological polar surface area (TPSA) is 17.1 Å². The average Bonchev–Trinajstić information content (AvgIpc) is 2.88. The van der Waals surface area contributed by atoms with E-state index in [4.69, 9.17) is 11.6 Å². The fourth-order valence-corrected chi connectivity index (χ4v) is 2.55. The summed E-state index contributed by atoms with van der Waals surface area (Å²) in [7, 11) is 0. The fourth-order valence-electron chi connectivity index (χ4n) is 1.66. The lowest BCUT2D eigenvalue weighted by Crippen LogP contribution is -2.03. The van der Waals surface area contributed by atoms with Gasteiger partial charge in [-0.1, -0.05) is 39.7 Å². The summed E-state index contributed by atoms with van der Waals surface area (Å²) in [5.41, 5.74) is 1.07. The Morgan fingerprint density at radius 3 is 2.43 bits per heavy atom. The number of carbonyl (C=O) groups excluding carboxylic acids is 1. The van der Waals surface area contributed by atoms with E-state index in [1.165, 1.54) is 0 Å². The molecule has 1 saturated carbocycles. The van der Waals surface area contributed by atoms with Gasteiger partial charge in [-0.3, -0.25) is 0 Å². The lowest BCUT2D eigenvalue weighted by molar-refractivity contribution is -0.109. The number of hydrogen-bond acceptors (Lipinski definition) is 1. The van der Waals surface area contributed by atoms with Crippen molar-refractivity contribution in [2.24, 2.45) is 5.92 Å². The predicted molar refractivity (Wildman–Crippen MR) is 61.1 cm³/mol. The minimum atomic E-state index is 0.0247. The second kappa shape index (κ2) is 4.03. The van der Waals surface area contributed by atoms with Crippen LogP contribution in [0.3, 0.4) is 0 Å². The van der Waals surface area contributed by atoms with Gasteiger partial charge in [0, 0.05) is 15.8 Å². The van der Waals surface area contributed by atoms with Crippen LogP contribution in [-0.4, -0.2) is 11.1 Å². The Labute approximate surface area is 96.6 Å². The first-order valence-corrected chi connectivity index (χ1v) is 5.86. The van der Waals surface area contributed by atoms with E-state index in [1.54, 1.807) is 0 Å². The van der Waals surface area contributed by atoms with E-state index >= 15 is 0 Å². The van der Waals surface area contributed by atoms with Gasteiger partial charge in [-0.05, 0) is 30.0 Å². The number of aldehydes is 1. The fraction of sp³-hybridized carbons (Fsp3) is 0.364. The van der Waals surface area contributed by atoms with E-state index in [-0.39, 0.29) is 5.92 Å². The smallest absolute Gasteiger partial charge is 0.127 e. The van der Waals surface area contributed by atoms with Crippen LogP contribution in [0.5, 0.6) is 0 Å². The molecule has 14 heavy (non-hydrogen) atoms. The highest BCUT2D eigenvalue weighted by Crippen LogP contribution is 2.46. The molecule has 0 radical (unpaired) electrons. The maximum absolute atomic E-state index is 11.0. The molecule has 74 valence electrons. The molecule has 0 amide bonds. The molecular formula is C11H10BrClO. The van der Waals surface area contributed by atoms with E-state index in [0.717, 1.165) is 18.3 Å². The summed E-state index contributed by atoms with van der Waals surface area (Å²) in [6.07, 6.45) is 2.13. The first-order valence-electron chi connectivity index (χ1n) is 4.57. The summed E-state index contributed by atoms with van der Waals surface area (Å²) >= 11 is 9.30. The van der Waals surface area contributed by atoms with Gasteiger partial charge < -0.3 is 4.79 Å². The number of hydrogen-bond donors (Lipinski definition) is 0. The van der Waals surface area contributed by atoms with Crippen LogP contribution < -0.4 is 0 Å². The molecule has 1 aliphatic carbocycles. The van der Waals surface area contributed by atoms with Crippen LogP contribution in [0.4, 0.5) is 0 Å². The Kier molecular flexibility index (Phi) is 2.93. The second-order valence-corrected chi connectivity index (χ2v) is 5.24. The van der Waals surface area contributed by atoms with Crippen LogP contribution in [0.15, 0.2) is 24.3 Å². The zero-order valence-electron chi connectivity index (χ0n) is 7.49. The van der Waals surface area contributed by atoms with E-state index in [9.17, 15) is 4.79 Å². The Balaban J connectivity index is 2.19. The highest BCUT2D eigenvalue weighted by Gasteiger charge is 2.41. The summed E-state index contributed by atoms with van der Waals surface area (Å²) in [5, 5.41) is 0.713. The second-order valence-electron chi connectivity index (χ2n) is 3.63. The molecule has 0 saturated heterocycles. The molecule has 1 aliphatic rings. The summed E-state index contributed by atoms with van der Waals surface area (Å²) in [5.74, 6) is 0.491. The minimum absolute atomic E-state index is 0.0247. The maximum atomic E-state index is 11.0. The van der Waals surface area contributed by atoms with Crippen molar-refractivity contribution in [1.29, 1.82) is 0 Å². The molecule has 3 unspecified atom stereocenters. The minimum Gasteiger partial charge on any atom is -0.303 e. The van der Waals surface area contributed by atoms with Crippen LogP contribution >= 0.6 is 27.5 Å². The summed E-state index contributed by atoms with van der Waals surface area (Å²) in [6, 6.07) is 7.52. The molecule has 3 atom stereocenters. The third kappa shape index (κ3) is 2.01. The molecule has 0 N–H and O–H groups in total. The molecule has 0 bridgehead atoms. The molecular weight excluding hydrogens is 263 g/mol. The molecule has 2 rings (SSSR count). The Hall–Kier alpha value is -0.340. The molecule has 1 fully saturated rings. The van der Waals surface area contributed by atoms with Gasteiger partial charge in [-0.25, -0.2) is 0 Å². The van der Waals surface area contributed by atoms with Crippen molar-refractivity contribution in [3.8, 4) is 0 Å². The monoisotopic (exact) mass is 272 g/mol. The first-order chi connectivity index (χ1) is 6.72. The zero-order valence-corrected chi connectivity index (χ0v) is 9.83. The average molecular weight is 274 g/mol. The normalized spacial score (nSPS) is 27.0. The molecule has 0 aromatic heterocycles. The molecule has 1 aromatic rings. The van der Waals surface area contributed by atoms with Crippen molar-refractivity contribution in [3.63, 3.8) is 0 Å². The highest BCUT2D eigenvalue weighted by molar-refractivity contribution is 9.09. The zero-order chi connectivity index (χ0) is 10.1. The molecule has 0 spiro atoms. The van der Waals surface area contributed by atoms with Gasteiger partial charge in [0.05, 0.1) is 0 Å². The predicted octanol–water partition coefficient (Wildman–Crippen LogP) is 3.41. The molecule has 0 aliphatic heterocycles. The Bertz CT molecular complexity index is 336. The van der Waals surface area contributed by atoms with E-state index < -0.39 is 0 Å². The van der Waals surface area contributed by atoms with Crippen molar-refractivity contribution in [3.05, 3.63) is 34.9 Å². The van der Waals surface area contributed by atoms with Gasteiger partial charge in [-0.15, -0.1) is 0 Å². The van der Waals surface area contributed by atoms with Gasteiger partial charge in [0.25, 0.3) is 0 Å². The molecule has 0 heterocycles. The van der Waals surface area contributed by atoms with Gasteiger partial charge in [0.2, 0.25) is 0 Å². The lowest BCUT2D eigenvalue weighted by Gasteiger charge is -2.08. The molecule has 1 nitrogen and oxygen atoms in total. The summed E-state index contributed by atoms with van der Waals surface area (Å²) < 4.78 is 0. The molecule has 3 heteroatoms. The van der Waals surface area contributed by atoms with E-state index in [2.05, 4.69) is 15.9 Å². The van der Waals surface area contributed by atoms with E-state index in [1.807, 2.05) is 24.3 Å². The van der Waals surface area contributed by atoms with Crippen LogP contribution in [0, 0.1) is 5.92 Å². The molecule has 1 aromatic carbocycles. The van der Waals surface area contributed by atoms with Crippen molar-refractivity contribution >= 4 is 33.8 Å². The number of carbonyl (C=O) groups is 1. The van der Waals surface area contributed by atoms with Gasteiger partial charge >= 0.3 is 0 Å². The van der Waals surface area contributed by atoms with Crippen LogP contribution in [0.1, 0.15) is 17.9 Å². The Morgan fingerprint density at radius 1 is 1.43 bits per heavy atom. The summed E-state index contributed by atoms with van der Waals surface area (Å²) in [6.45, 7) is 0. The SMILES string of the molecule is O=CC(c1ccc(Cl)cc1)C1CC1Br. The number of rotatable bonds is 3. The third-order valence-electron chi connectivity index (χ3n) is 2.62. The van der Waals surface area contributed by atoms with Crippen molar-refractivity contribution in [1.82, 2.24) is 0 Å². The van der Waals surface area contributed by atoms with E-state index in [0.29, 0.717) is 15.8 Å². The standard InChI is InChI=1S/C11H10BrClO/c12-11-5-9(11)10(6-14)7-1-3-8(13)4-2-7/h1-4,6,9-11H,5H2. The highest BCUT2D eigenvalue weighted by atomic mass is 79.9. The first kappa shape index (κ1) is 10.2. The lowest BCUT2D eigenvalue weighted by atomic mass is 9.96. The van der Waals surface area contributed by atoms with Crippen LogP contribution in [-0.2, 0) is 4.79 Å². The summed E-state index contributed by atoms with van der Waals surface area (Å²) in [4.78, 5) is 11.5. The van der Waals surface area contributed by atoms with Crippen molar-refractivity contribution < 1.29 is 4.79 Å². The number of halogens is 2. The largest absolute Gasteiger partial charge is 0.303 e. The number of benzene rings is 1. The van der Waals surface area contributed by atoms with Crippen molar-refractivity contribution in [2.45, 2.75) is 17.2 Å². The van der Waals surface area contributed by atoms with Crippen LogP contribution in [0.25, 0.3) is 0 Å². The van der Waals surface area contributed by atoms with Gasteiger partial charge in [0.15, 0.2) is 0 Å². The van der Waals surface area contributed by atoms with Crippen LogP contribution in [0.2, 0.25) is 5.02 Å². The van der Waals surface area contributed by atoms with Gasteiger partial charge in [-0.2, -0.15) is 0 Å². The maximum Gasteiger partial charge on any atom is 0.127 e. The number of alkyl halides is 1. The Morgan fingerprint density at radius 2 is 2.00 bits per heavy atom.